The third-order valence-corrected chi connectivity index (χ3v) is 4.41. The van der Waals surface area contributed by atoms with E-state index in [1.54, 1.807) is 0 Å². The van der Waals surface area contributed by atoms with Crippen LogP contribution in [0.15, 0.2) is 18.2 Å². The van der Waals surface area contributed by atoms with Crippen molar-refractivity contribution in [2.45, 2.75) is 26.3 Å². The average Bonchev–Trinajstić information content (AvgIpc) is 2.28. The predicted octanol–water partition coefficient (Wildman–Crippen LogP) is 1.92. The van der Waals surface area contributed by atoms with Gasteiger partial charge in [0.1, 0.15) is 0 Å². The van der Waals surface area contributed by atoms with Gasteiger partial charge in [-0.3, -0.25) is 9.46 Å². The van der Waals surface area contributed by atoms with Crippen molar-refractivity contribution in [1.29, 1.82) is 0 Å². The molecular weight excluding hydrogens is 249 g/mol. The summed E-state index contributed by atoms with van der Waals surface area (Å²) >= 11 is 0. The molecule has 0 saturated heterocycles. The molecule has 0 unspecified atom stereocenters. The molecule has 0 fully saturated rings. The lowest BCUT2D eigenvalue weighted by atomic mass is 9.95. The summed E-state index contributed by atoms with van der Waals surface area (Å²) in [5.74, 6) is 0. The maximum absolute atomic E-state index is 10.8. The average molecular weight is 269 g/mol. The van der Waals surface area contributed by atoms with E-state index >= 15 is 0 Å². The van der Waals surface area contributed by atoms with E-state index in [1.807, 2.05) is 0 Å². The monoisotopic (exact) mass is 269 g/mol. The number of fused-ring (bicyclic) bond motifs is 1. The molecule has 2 rings (SSSR count). The van der Waals surface area contributed by atoms with Gasteiger partial charge in [-0.1, -0.05) is 18.2 Å². The number of nitrogens with zero attached hydrogens (tertiary/aromatic N) is 1. The van der Waals surface area contributed by atoms with E-state index in [2.05, 4.69) is 30.0 Å². The van der Waals surface area contributed by atoms with Gasteiger partial charge in [0.25, 0.3) is 0 Å². The van der Waals surface area contributed by atoms with E-state index in [-0.39, 0.29) is 6.16 Å². The van der Waals surface area contributed by atoms with Crippen LogP contribution in [-0.4, -0.2) is 33.9 Å². The second-order valence-electron chi connectivity index (χ2n) is 4.98. The van der Waals surface area contributed by atoms with Crippen molar-refractivity contribution in [3.05, 3.63) is 34.9 Å². The molecule has 0 bridgehead atoms. The maximum Gasteiger partial charge on any atom is 0.325 e. The van der Waals surface area contributed by atoms with Crippen LogP contribution in [0.5, 0.6) is 0 Å². The number of rotatable bonds is 4. The minimum Gasteiger partial charge on any atom is -0.324 e. The zero-order chi connectivity index (χ0) is 13.2. The molecule has 0 atom stereocenters. The van der Waals surface area contributed by atoms with Crippen LogP contribution in [-0.2, 0) is 17.5 Å². The smallest absolute Gasteiger partial charge is 0.324 e. The van der Waals surface area contributed by atoms with E-state index in [0.29, 0.717) is 6.42 Å². The van der Waals surface area contributed by atoms with Crippen LogP contribution >= 0.6 is 7.60 Å². The molecule has 1 aromatic carbocycles. The molecule has 0 spiro atoms. The fourth-order valence-corrected chi connectivity index (χ4v) is 3.05. The van der Waals surface area contributed by atoms with E-state index in [1.165, 1.54) is 16.7 Å². The molecule has 5 heteroatoms. The minimum absolute atomic E-state index is 0.00979. The Morgan fingerprint density at radius 2 is 2.17 bits per heavy atom. The first-order chi connectivity index (χ1) is 8.46. The Balaban J connectivity index is 1.92. The number of hydrogen-bond acceptors (Lipinski definition) is 2. The molecule has 0 radical (unpaired) electrons. The summed E-state index contributed by atoms with van der Waals surface area (Å²) in [5.41, 5.74) is 4.12. The third-order valence-electron chi connectivity index (χ3n) is 3.51. The highest BCUT2D eigenvalue weighted by atomic mass is 31.2. The van der Waals surface area contributed by atoms with Crippen molar-refractivity contribution in [3.63, 3.8) is 0 Å². The van der Waals surface area contributed by atoms with Gasteiger partial charge in [-0.15, -0.1) is 0 Å². The molecule has 18 heavy (non-hydrogen) atoms. The Kier molecular flexibility index (Phi) is 4.23. The Hall–Kier alpha value is -0.670. The van der Waals surface area contributed by atoms with Crippen molar-refractivity contribution in [1.82, 2.24) is 4.90 Å². The van der Waals surface area contributed by atoms with Crippen molar-refractivity contribution < 1.29 is 14.4 Å². The molecule has 0 amide bonds. The first-order valence-corrected chi connectivity index (χ1v) is 8.10. The molecule has 2 N–H and O–H groups in total. The van der Waals surface area contributed by atoms with Crippen LogP contribution in [0.1, 0.15) is 23.1 Å². The molecule has 1 aliphatic heterocycles. The molecule has 0 saturated carbocycles. The summed E-state index contributed by atoms with van der Waals surface area (Å²) in [6, 6.07) is 6.39. The zero-order valence-corrected chi connectivity index (χ0v) is 11.6. The highest BCUT2D eigenvalue weighted by molar-refractivity contribution is 7.51. The first-order valence-electron chi connectivity index (χ1n) is 6.30. The van der Waals surface area contributed by atoms with Gasteiger partial charge in [-0.05, 0) is 43.0 Å². The van der Waals surface area contributed by atoms with Gasteiger partial charge in [0.15, 0.2) is 0 Å². The largest absolute Gasteiger partial charge is 0.325 e. The summed E-state index contributed by atoms with van der Waals surface area (Å²) in [7, 11) is -3.84. The quantitative estimate of drug-likeness (QED) is 0.820. The molecule has 1 heterocycles. The molecule has 4 nitrogen and oxygen atoms in total. The second kappa shape index (κ2) is 5.54. The lowest BCUT2D eigenvalue weighted by molar-refractivity contribution is 0.252. The summed E-state index contributed by atoms with van der Waals surface area (Å²) in [6.45, 7) is 4.78. The Labute approximate surface area is 108 Å². The van der Waals surface area contributed by atoms with Crippen LogP contribution in [0.2, 0.25) is 0 Å². The van der Waals surface area contributed by atoms with Crippen molar-refractivity contribution in [2.24, 2.45) is 0 Å². The Morgan fingerprint density at radius 1 is 1.39 bits per heavy atom. The van der Waals surface area contributed by atoms with Gasteiger partial charge in [-0.2, -0.15) is 0 Å². The molecule has 1 aromatic rings. The Bertz CT molecular complexity index is 469. The van der Waals surface area contributed by atoms with Gasteiger partial charge in [0.05, 0.1) is 6.16 Å². The second-order valence-corrected chi connectivity index (χ2v) is 6.76. The summed E-state index contributed by atoms with van der Waals surface area (Å²) in [6.07, 6.45) is 1.59. The zero-order valence-electron chi connectivity index (χ0n) is 10.7. The van der Waals surface area contributed by atoms with Crippen LogP contribution in [0.3, 0.4) is 0 Å². The lowest BCUT2D eigenvalue weighted by Gasteiger charge is -2.29. The van der Waals surface area contributed by atoms with E-state index in [9.17, 15) is 4.57 Å². The molecule has 0 aromatic heterocycles. The molecule has 1 aliphatic rings. The summed E-state index contributed by atoms with van der Waals surface area (Å²) in [5, 5.41) is 0. The van der Waals surface area contributed by atoms with E-state index < -0.39 is 7.60 Å². The van der Waals surface area contributed by atoms with Crippen molar-refractivity contribution in [2.75, 3.05) is 19.3 Å². The first kappa shape index (κ1) is 13.8. The van der Waals surface area contributed by atoms with Gasteiger partial charge in [0.2, 0.25) is 0 Å². The normalized spacial score (nSPS) is 16.6. The predicted molar refractivity (Wildman–Crippen MR) is 71.7 cm³/mol. The SMILES string of the molecule is Cc1cccc2c1CN(CCCP(=O)(O)O)CC2. The molecule has 0 aliphatic carbocycles. The highest BCUT2D eigenvalue weighted by Gasteiger charge is 2.18. The van der Waals surface area contributed by atoms with E-state index in [4.69, 9.17) is 9.79 Å². The fraction of sp³-hybridized carbons (Fsp3) is 0.538. The van der Waals surface area contributed by atoms with Gasteiger partial charge in [0, 0.05) is 13.1 Å². The van der Waals surface area contributed by atoms with Gasteiger partial charge >= 0.3 is 7.60 Å². The third kappa shape index (κ3) is 3.66. The van der Waals surface area contributed by atoms with Crippen LogP contribution in [0.4, 0.5) is 0 Å². The van der Waals surface area contributed by atoms with Crippen molar-refractivity contribution >= 4 is 7.60 Å². The minimum atomic E-state index is -3.84. The molecule has 100 valence electrons. The number of benzene rings is 1. The standard InChI is InChI=1S/C13H20NO3P/c1-11-4-2-5-12-6-8-14(10-13(11)12)7-3-9-18(15,16)17/h2,4-5H,3,6-10H2,1H3,(H2,15,16,17). The topological polar surface area (TPSA) is 60.8 Å². The molecular formula is C13H20NO3P. The summed E-state index contributed by atoms with van der Waals surface area (Å²) in [4.78, 5) is 20.0. The lowest BCUT2D eigenvalue weighted by Crippen LogP contribution is -2.32. The van der Waals surface area contributed by atoms with E-state index in [0.717, 1.165) is 26.1 Å². The highest BCUT2D eigenvalue weighted by Crippen LogP contribution is 2.35. The number of aryl methyl sites for hydroxylation is 1. The maximum atomic E-state index is 10.8. The van der Waals surface area contributed by atoms with Crippen LogP contribution in [0, 0.1) is 6.92 Å². The van der Waals surface area contributed by atoms with Gasteiger partial charge < -0.3 is 9.79 Å². The summed E-state index contributed by atoms with van der Waals surface area (Å²) < 4.78 is 10.8. The fourth-order valence-electron chi connectivity index (χ4n) is 2.50. The van der Waals surface area contributed by atoms with Crippen LogP contribution in [0.25, 0.3) is 0 Å². The van der Waals surface area contributed by atoms with Crippen molar-refractivity contribution in [3.8, 4) is 0 Å². The number of hydrogen-bond donors (Lipinski definition) is 2. The van der Waals surface area contributed by atoms with Crippen LogP contribution < -0.4 is 0 Å². The van der Waals surface area contributed by atoms with Gasteiger partial charge in [-0.25, -0.2) is 0 Å². The Morgan fingerprint density at radius 3 is 2.89 bits per heavy atom.